The van der Waals surface area contributed by atoms with Gasteiger partial charge in [-0.2, -0.15) is 0 Å². The second kappa shape index (κ2) is 9.66. The second-order valence-corrected chi connectivity index (χ2v) is 10.2. The molecule has 12 nitrogen and oxygen atoms in total. The van der Waals surface area contributed by atoms with Crippen molar-refractivity contribution in [3.8, 4) is 0 Å². The van der Waals surface area contributed by atoms with Gasteiger partial charge in [-0.1, -0.05) is 0 Å². The highest BCUT2D eigenvalue weighted by Gasteiger charge is 2.27. The Balaban J connectivity index is 4.92. The molecule has 0 amide bonds. The van der Waals surface area contributed by atoms with Crippen LogP contribution in [0.1, 0.15) is 13.3 Å². The molecule has 0 saturated carbocycles. The van der Waals surface area contributed by atoms with Crippen LogP contribution in [0.3, 0.4) is 0 Å². The Kier molecular flexibility index (Phi) is 9.67. The number of Topliss-reactive ketones (excluding diaryl/α,β-unsaturated/α-hetero) is 1. The third-order valence-corrected chi connectivity index (χ3v) is 4.97. The van der Waals surface area contributed by atoms with Crippen LogP contribution < -0.4 is 0 Å². The molecule has 24 heavy (non-hydrogen) atoms. The van der Waals surface area contributed by atoms with Crippen molar-refractivity contribution in [2.24, 2.45) is 0 Å². The summed E-state index contributed by atoms with van der Waals surface area (Å²) >= 11 is 0. The third-order valence-electron chi connectivity index (χ3n) is 2.67. The minimum Gasteiger partial charge on any atom is -0.324 e. The molecule has 15 heteroatoms. The molecule has 0 heterocycles. The van der Waals surface area contributed by atoms with Crippen LogP contribution in [0.2, 0.25) is 0 Å². The Hall–Kier alpha value is 0.0400. The lowest BCUT2D eigenvalue weighted by Gasteiger charge is -2.27. The average Bonchev–Trinajstić information content (AvgIpc) is 2.26. The highest BCUT2D eigenvalue weighted by atomic mass is 31.2. The monoisotopic (exact) mass is 412 g/mol. The van der Waals surface area contributed by atoms with E-state index >= 15 is 0 Å². The van der Waals surface area contributed by atoms with Gasteiger partial charge in [0.05, 0.1) is 0 Å². The van der Waals surface area contributed by atoms with E-state index in [4.69, 9.17) is 29.4 Å². The van der Waals surface area contributed by atoms with Gasteiger partial charge in [0, 0.05) is 26.1 Å². The first-order valence-corrected chi connectivity index (χ1v) is 12.0. The third kappa shape index (κ3) is 15.6. The summed E-state index contributed by atoms with van der Waals surface area (Å²) in [5, 5.41) is 0. The maximum Gasteiger partial charge on any atom is 0.339 e. The van der Waals surface area contributed by atoms with Crippen LogP contribution in [0.5, 0.6) is 0 Å². The van der Waals surface area contributed by atoms with Crippen molar-refractivity contribution in [2.45, 2.75) is 13.3 Å². The molecule has 0 aromatic carbocycles. The molecule has 0 unspecified atom stereocenters. The number of ketones is 1. The zero-order valence-electron chi connectivity index (χ0n) is 13.0. The van der Waals surface area contributed by atoms with Gasteiger partial charge < -0.3 is 29.4 Å². The highest BCUT2D eigenvalue weighted by Crippen LogP contribution is 2.41. The molecule has 0 aliphatic heterocycles. The standard InChI is InChI=1S/C9H23N2O10P3/c1-9(12)2-3-10(6-22(13,14)15)4-5-11(7-23(16,17)18)8-24(19,20)21/h2-8H2,1H3,(H2,13,14,15)(H2,16,17,18)(H2,19,20,21). The summed E-state index contributed by atoms with van der Waals surface area (Å²) in [6.07, 6.45) is -2.49. The Morgan fingerprint density at radius 2 is 1.04 bits per heavy atom. The molecule has 0 saturated heterocycles. The van der Waals surface area contributed by atoms with E-state index < -0.39 is 41.6 Å². The first kappa shape index (κ1) is 24.0. The molecule has 0 aromatic rings. The van der Waals surface area contributed by atoms with E-state index in [-0.39, 0.29) is 31.8 Å². The number of nitrogens with zero attached hydrogens (tertiary/aromatic N) is 2. The Bertz CT molecular complexity index is 528. The minimum atomic E-state index is -4.58. The highest BCUT2D eigenvalue weighted by molar-refractivity contribution is 7.52. The predicted octanol–water partition coefficient (Wildman–Crippen LogP) is -1.02. The fraction of sp³-hybridized carbons (Fsp3) is 0.889. The Morgan fingerprint density at radius 3 is 1.38 bits per heavy atom. The number of rotatable bonds is 12. The summed E-state index contributed by atoms with van der Waals surface area (Å²) in [5.41, 5.74) is 0. The molecule has 0 spiro atoms. The maximum absolute atomic E-state index is 11.1. The van der Waals surface area contributed by atoms with Gasteiger partial charge >= 0.3 is 22.8 Å². The van der Waals surface area contributed by atoms with Crippen LogP contribution in [0.4, 0.5) is 0 Å². The molecule has 0 atom stereocenters. The largest absolute Gasteiger partial charge is 0.339 e. The predicted molar refractivity (Wildman–Crippen MR) is 84.3 cm³/mol. The summed E-state index contributed by atoms with van der Waals surface area (Å²) in [6.45, 7) is 0.899. The van der Waals surface area contributed by atoms with E-state index in [1.54, 1.807) is 0 Å². The van der Waals surface area contributed by atoms with Crippen LogP contribution >= 0.6 is 22.8 Å². The van der Waals surface area contributed by atoms with E-state index in [0.717, 1.165) is 4.90 Å². The molecular weight excluding hydrogens is 389 g/mol. The molecule has 0 radical (unpaired) electrons. The van der Waals surface area contributed by atoms with Crippen molar-refractivity contribution in [1.29, 1.82) is 0 Å². The van der Waals surface area contributed by atoms with E-state index in [2.05, 4.69) is 0 Å². The number of carbonyl (C=O) groups is 1. The van der Waals surface area contributed by atoms with Crippen LogP contribution in [-0.4, -0.2) is 83.4 Å². The van der Waals surface area contributed by atoms with Gasteiger partial charge in [-0.15, -0.1) is 0 Å². The van der Waals surface area contributed by atoms with Gasteiger partial charge in [-0.05, 0) is 6.92 Å². The van der Waals surface area contributed by atoms with E-state index in [1.807, 2.05) is 0 Å². The number of carbonyl (C=O) groups excluding carboxylic acids is 1. The van der Waals surface area contributed by atoms with Gasteiger partial charge in [0.2, 0.25) is 0 Å². The molecule has 0 aromatic heterocycles. The van der Waals surface area contributed by atoms with Gasteiger partial charge in [-0.3, -0.25) is 28.3 Å². The van der Waals surface area contributed by atoms with Crippen molar-refractivity contribution in [1.82, 2.24) is 9.80 Å². The zero-order chi connectivity index (χ0) is 19.2. The lowest BCUT2D eigenvalue weighted by molar-refractivity contribution is -0.117. The van der Waals surface area contributed by atoms with Crippen molar-refractivity contribution >= 4 is 28.6 Å². The van der Waals surface area contributed by atoms with Crippen LogP contribution in [0, 0.1) is 0 Å². The fourth-order valence-electron chi connectivity index (χ4n) is 1.82. The summed E-state index contributed by atoms with van der Waals surface area (Å²) in [6, 6.07) is 0. The zero-order valence-corrected chi connectivity index (χ0v) is 15.7. The quantitative estimate of drug-likeness (QED) is 0.214. The molecule has 144 valence electrons. The molecule has 0 rings (SSSR count). The average molecular weight is 412 g/mol. The molecule has 0 bridgehead atoms. The molecule has 0 aliphatic carbocycles. The van der Waals surface area contributed by atoms with Crippen LogP contribution in [-0.2, 0) is 18.5 Å². The van der Waals surface area contributed by atoms with E-state index in [0.29, 0.717) is 0 Å². The fourth-order valence-corrected chi connectivity index (χ4v) is 4.31. The Labute approximate surface area is 138 Å². The van der Waals surface area contributed by atoms with Gasteiger partial charge in [0.25, 0.3) is 0 Å². The SMILES string of the molecule is CC(=O)CCN(CCN(CP(=O)(O)O)CP(=O)(O)O)CP(=O)(O)O. The van der Waals surface area contributed by atoms with Gasteiger partial charge in [-0.25, -0.2) is 0 Å². The maximum atomic E-state index is 11.1. The van der Waals surface area contributed by atoms with E-state index in [1.165, 1.54) is 11.8 Å². The summed E-state index contributed by atoms with van der Waals surface area (Å²) in [7, 11) is -13.6. The lowest BCUT2D eigenvalue weighted by Crippen LogP contribution is -2.37. The van der Waals surface area contributed by atoms with Gasteiger partial charge in [0.1, 0.15) is 24.6 Å². The lowest BCUT2D eigenvalue weighted by atomic mass is 10.3. The number of hydrogen-bond acceptors (Lipinski definition) is 6. The van der Waals surface area contributed by atoms with Crippen molar-refractivity contribution in [3.05, 3.63) is 0 Å². The van der Waals surface area contributed by atoms with Crippen molar-refractivity contribution < 1.29 is 47.9 Å². The topological polar surface area (TPSA) is 196 Å². The van der Waals surface area contributed by atoms with E-state index in [9.17, 15) is 18.5 Å². The van der Waals surface area contributed by atoms with Crippen LogP contribution in [0.25, 0.3) is 0 Å². The smallest absolute Gasteiger partial charge is 0.324 e. The summed E-state index contributed by atoms with van der Waals surface area (Å²) in [4.78, 5) is 66.8. The summed E-state index contributed by atoms with van der Waals surface area (Å²) in [5.74, 6) is -0.215. The normalized spacial score (nSPS) is 13.7. The van der Waals surface area contributed by atoms with Crippen molar-refractivity contribution in [2.75, 3.05) is 38.5 Å². The molecule has 6 N–H and O–H groups in total. The van der Waals surface area contributed by atoms with Crippen molar-refractivity contribution in [3.63, 3.8) is 0 Å². The first-order valence-electron chi connectivity index (χ1n) is 6.65. The van der Waals surface area contributed by atoms with Gasteiger partial charge in [0.15, 0.2) is 0 Å². The summed E-state index contributed by atoms with van der Waals surface area (Å²) < 4.78 is 33.2. The minimum absolute atomic E-state index is 0.000104. The van der Waals surface area contributed by atoms with Crippen LogP contribution in [0.15, 0.2) is 0 Å². The molecule has 0 fully saturated rings. The number of hydrogen-bond donors (Lipinski definition) is 6. The molecular formula is C9H23N2O10P3. The molecule has 0 aliphatic rings. The second-order valence-electron chi connectivity index (χ2n) is 5.38. The first-order chi connectivity index (χ1) is 10.6. The Morgan fingerprint density at radius 1 is 0.708 bits per heavy atom.